The van der Waals surface area contributed by atoms with Crippen LogP contribution in [0.1, 0.15) is 19.2 Å². The number of aromatic amines is 1. The molecule has 0 unspecified atom stereocenters. The molecule has 0 saturated carbocycles. The van der Waals surface area contributed by atoms with Gasteiger partial charge in [0.1, 0.15) is 12.2 Å². The first-order valence-electron chi connectivity index (χ1n) is 8.23. The van der Waals surface area contributed by atoms with Crippen molar-refractivity contribution in [2.24, 2.45) is 0 Å². The van der Waals surface area contributed by atoms with Crippen molar-refractivity contribution in [1.29, 1.82) is 0 Å². The zero-order valence-electron chi connectivity index (χ0n) is 13.8. The van der Waals surface area contributed by atoms with E-state index in [1.54, 1.807) is 6.92 Å². The molecule has 1 aromatic heterocycles. The quantitative estimate of drug-likeness (QED) is 0.872. The van der Waals surface area contributed by atoms with E-state index in [0.29, 0.717) is 12.4 Å². The molecule has 1 aliphatic heterocycles. The highest BCUT2D eigenvalue weighted by Crippen LogP contribution is 2.22. The maximum Gasteiger partial charge on any atom is 0.313 e. The second-order valence-electron chi connectivity index (χ2n) is 6.01. The summed E-state index contributed by atoms with van der Waals surface area (Å²) in [7, 11) is 2.17. The highest BCUT2D eigenvalue weighted by molar-refractivity contribution is 5.81. The molecule has 0 atom stereocenters. The average molecular weight is 316 g/mol. The van der Waals surface area contributed by atoms with Crippen LogP contribution in [-0.2, 0) is 16.0 Å². The molecule has 1 aromatic carbocycles. The lowest BCUT2D eigenvalue weighted by Crippen LogP contribution is -2.28. The van der Waals surface area contributed by atoms with E-state index in [1.807, 2.05) is 6.07 Å². The third-order valence-electron chi connectivity index (χ3n) is 4.22. The Morgan fingerprint density at radius 1 is 1.30 bits per heavy atom. The fourth-order valence-electron chi connectivity index (χ4n) is 2.98. The molecule has 1 N–H and O–H groups in total. The van der Waals surface area contributed by atoms with Crippen LogP contribution in [0, 0.1) is 0 Å². The van der Waals surface area contributed by atoms with E-state index in [2.05, 4.69) is 38.9 Å². The molecule has 3 rings (SSSR count). The zero-order valence-corrected chi connectivity index (χ0v) is 13.8. The average Bonchev–Trinajstić information content (AvgIpc) is 2.78. The number of rotatable bonds is 4. The molecule has 0 bridgehead atoms. The number of aromatic nitrogens is 2. The van der Waals surface area contributed by atoms with E-state index in [4.69, 9.17) is 4.74 Å². The van der Waals surface area contributed by atoms with E-state index in [1.165, 1.54) is 12.1 Å². The van der Waals surface area contributed by atoms with Crippen LogP contribution in [0.15, 0.2) is 18.2 Å². The highest BCUT2D eigenvalue weighted by Gasteiger charge is 2.14. The summed E-state index contributed by atoms with van der Waals surface area (Å²) in [6.45, 7) is 6.53. The number of hydrogen-bond acceptors (Lipinski definition) is 5. The fraction of sp³-hybridized carbons (Fsp3) is 0.529. The number of fused-ring (bicyclic) bond motifs is 1. The van der Waals surface area contributed by atoms with E-state index in [-0.39, 0.29) is 12.4 Å². The highest BCUT2D eigenvalue weighted by atomic mass is 16.5. The summed E-state index contributed by atoms with van der Waals surface area (Å²) in [5.74, 6) is 0.411. The van der Waals surface area contributed by atoms with E-state index >= 15 is 0 Å². The van der Waals surface area contributed by atoms with Gasteiger partial charge in [-0.3, -0.25) is 4.79 Å². The first-order chi connectivity index (χ1) is 11.2. The van der Waals surface area contributed by atoms with Crippen LogP contribution >= 0.6 is 0 Å². The maximum atomic E-state index is 11.6. The third kappa shape index (κ3) is 3.82. The number of imidazole rings is 1. The molecule has 2 heterocycles. The van der Waals surface area contributed by atoms with Crippen molar-refractivity contribution in [1.82, 2.24) is 14.9 Å². The second-order valence-corrected chi connectivity index (χ2v) is 6.01. The molecule has 0 radical (unpaired) electrons. The van der Waals surface area contributed by atoms with Crippen LogP contribution in [0.2, 0.25) is 0 Å². The molecule has 124 valence electrons. The number of H-pyrrole nitrogens is 1. The smallest absolute Gasteiger partial charge is 0.313 e. The monoisotopic (exact) mass is 316 g/mol. The van der Waals surface area contributed by atoms with Gasteiger partial charge in [0.2, 0.25) is 0 Å². The number of carbonyl (C=O) groups is 1. The van der Waals surface area contributed by atoms with Gasteiger partial charge < -0.3 is 19.5 Å². The zero-order chi connectivity index (χ0) is 16.2. The van der Waals surface area contributed by atoms with Gasteiger partial charge in [-0.15, -0.1) is 0 Å². The molecule has 0 spiro atoms. The number of esters is 1. The van der Waals surface area contributed by atoms with Crippen molar-refractivity contribution in [3.8, 4) is 0 Å². The Balaban J connectivity index is 1.77. The predicted octanol–water partition coefficient (Wildman–Crippen LogP) is 1.81. The molecule has 0 aliphatic carbocycles. The first kappa shape index (κ1) is 15.8. The van der Waals surface area contributed by atoms with Crippen LogP contribution in [0.4, 0.5) is 5.69 Å². The van der Waals surface area contributed by atoms with Gasteiger partial charge >= 0.3 is 5.97 Å². The third-order valence-corrected chi connectivity index (χ3v) is 4.22. The van der Waals surface area contributed by atoms with Crippen molar-refractivity contribution >= 4 is 22.7 Å². The van der Waals surface area contributed by atoms with Crippen molar-refractivity contribution < 1.29 is 9.53 Å². The number of anilines is 1. The van der Waals surface area contributed by atoms with Crippen molar-refractivity contribution in [3.05, 3.63) is 24.0 Å². The van der Waals surface area contributed by atoms with E-state index in [9.17, 15) is 4.79 Å². The lowest BCUT2D eigenvalue weighted by Gasteiger charge is -2.22. The molecule has 6 nitrogen and oxygen atoms in total. The molecule has 2 aromatic rings. The Morgan fingerprint density at radius 2 is 2.17 bits per heavy atom. The fourth-order valence-corrected chi connectivity index (χ4v) is 2.98. The first-order valence-corrected chi connectivity index (χ1v) is 8.23. The molecule has 23 heavy (non-hydrogen) atoms. The van der Waals surface area contributed by atoms with Gasteiger partial charge in [-0.2, -0.15) is 0 Å². The summed E-state index contributed by atoms with van der Waals surface area (Å²) in [4.78, 5) is 24.1. The standard InChI is InChI=1S/C17H24N4O2/c1-3-23-17(22)12-16-18-14-6-5-13(11-15(14)19-16)21-8-4-7-20(2)9-10-21/h5-6,11H,3-4,7-10,12H2,1-2H3,(H,18,19). The lowest BCUT2D eigenvalue weighted by atomic mass is 10.2. The summed E-state index contributed by atoms with van der Waals surface area (Å²) in [5.41, 5.74) is 3.07. The summed E-state index contributed by atoms with van der Waals surface area (Å²) in [6, 6.07) is 6.26. The van der Waals surface area contributed by atoms with Gasteiger partial charge in [-0.25, -0.2) is 4.98 Å². The number of nitrogens with one attached hydrogen (secondary N) is 1. The van der Waals surface area contributed by atoms with Crippen LogP contribution in [0.25, 0.3) is 11.0 Å². The number of benzene rings is 1. The van der Waals surface area contributed by atoms with Crippen molar-refractivity contribution in [2.45, 2.75) is 19.8 Å². The summed E-state index contributed by atoms with van der Waals surface area (Å²) < 4.78 is 4.97. The number of nitrogens with zero attached hydrogens (tertiary/aromatic N) is 3. The number of likely N-dealkylation sites (N-methyl/N-ethyl adjacent to an activating group) is 1. The summed E-state index contributed by atoms with van der Waals surface area (Å²) >= 11 is 0. The van der Waals surface area contributed by atoms with Crippen LogP contribution in [0.3, 0.4) is 0 Å². The molecule has 1 saturated heterocycles. The summed E-state index contributed by atoms with van der Waals surface area (Å²) in [5, 5.41) is 0. The SMILES string of the molecule is CCOC(=O)Cc1nc2ccc(N3CCCN(C)CC3)cc2[nH]1. The Labute approximate surface area is 136 Å². The minimum absolute atomic E-state index is 0.187. The molecular formula is C17H24N4O2. The number of carbonyl (C=O) groups excluding carboxylic acids is 1. The molecule has 0 amide bonds. The lowest BCUT2D eigenvalue weighted by molar-refractivity contribution is -0.142. The number of hydrogen-bond donors (Lipinski definition) is 1. The minimum Gasteiger partial charge on any atom is -0.466 e. The van der Waals surface area contributed by atoms with Crippen LogP contribution in [-0.4, -0.2) is 60.7 Å². The predicted molar refractivity (Wildman–Crippen MR) is 90.8 cm³/mol. The molecule has 1 aliphatic rings. The van der Waals surface area contributed by atoms with Gasteiger partial charge in [0.25, 0.3) is 0 Å². The minimum atomic E-state index is -0.248. The largest absolute Gasteiger partial charge is 0.466 e. The molecule has 1 fully saturated rings. The van der Waals surface area contributed by atoms with Gasteiger partial charge in [0.05, 0.1) is 17.6 Å². The van der Waals surface area contributed by atoms with Crippen molar-refractivity contribution in [2.75, 3.05) is 44.7 Å². The Hall–Kier alpha value is -2.08. The Bertz CT molecular complexity index is 682. The second kappa shape index (κ2) is 7.00. The maximum absolute atomic E-state index is 11.6. The van der Waals surface area contributed by atoms with Gasteiger partial charge in [-0.05, 0) is 45.1 Å². The molecular weight excluding hydrogens is 292 g/mol. The van der Waals surface area contributed by atoms with E-state index in [0.717, 1.165) is 37.2 Å². The topological polar surface area (TPSA) is 61.5 Å². The van der Waals surface area contributed by atoms with Gasteiger partial charge in [0.15, 0.2) is 0 Å². The van der Waals surface area contributed by atoms with Crippen molar-refractivity contribution in [3.63, 3.8) is 0 Å². The van der Waals surface area contributed by atoms with Gasteiger partial charge in [0, 0.05) is 25.3 Å². The van der Waals surface area contributed by atoms with Crippen LogP contribution in [0.5, 0.6) is 0 Å². The summed E-state index contributed by atoms with van der Waals surface area (Å²) in [6.07, 6.45) is 1.36. The molecule has 6 heteroatoms. The van der Waals surface area contributed by atoms with Gasteiger partial charge in [-0.1, -0.05) is 0 Å². The van der Waals surface area contributed by atoms with E-state index < -0.39 is 0 Å². The number of ether oxygens (including phenoxy) is 1. The Morgan fingerprint density at radius 3 is 3.00 bits per heavy atom. The normalized spacial score (nSPS) is 16.5. The van der Waals surface area contributed by atoms with Crippen LogP contribution < -0.4 is 4.90 Å². The Kier molecular flexibility index (Phi) is 4.81.